The summed E-state index contributed by atoms with van der Waals surface area (Å²) in [5.74, 6) is -0.855. The van der Waals surface area contributed by atoms with Gasteiger partial charge in [-0.2, -0.15) is 0 Å². The quantitative estimate of drug-likeness (QED) is 0.100. The highest BCUT2D eigenvalue weighted by Gasteiger charge is 1.96. The SMILES string of the molecule is C/C=C(C)/C=C/C=C(\C)CC/C=C(\C)CCC=C(C)C.CC(C)=CCC/C(C)=C/CC/C(C)=C/CC/C(C)=C/C(=O)O. The first kappa shape index (κ1) is 41.3. The number of rotatable bonds is 18. The summed E-state index contributed by atoms with van der Waals surface area (Å²) in [4.78, 5) is 10.5. The van der Waals surface area contributed by atoms with Crippen LogP contribution in [0.1, 0.15) is 140 Å². The highest BCUT2D eigenvalue weighted by molar-refractivity contribution is 5.80. The molecule has 0 aromatic carbocycles. The molecule has 0 radical (unpaired) electrons. The Balaban J connectivity index is 0. The molecule has 0 amide bonds. The van der Waals surface area contributed by atoms with Crippen molar-refractivity contribution in [2.45, 2.75) is 140 Å². The number of carboxylic acid groups (broad SMARTS) is 1. The second-order valence-corrected chi connectivity index (χ2v) is 12.1. The van der Waals surface area contributed by atoms with Crippen LogP contribution in [0.5, 0.6) is 0 Å². The van der Waals surface area contributed by atoms with Gasteiger partial charge in [0.2, 0.25) is 0 Å². The largest absolute Gasteiger partial charge is 0.478 e. The second kappa shape index (κ2) is 27.0. The van der Waals surface area contributed by atoms with Crippen LogP contribution in [0.2, 0.25) is 0 Å². The first-order chi connectivity index (χ1) is 19.8. The molecule has 2 nitrogen and oxygen atoms in total. The molecule has 0 aliphatic rings. The Morgan fingerprint density at radius 2 is 0.881 bits per heavy atom. The number of carboxylic acids is 1. The van der Waals surface area contributed by atoms with Crippen molar-refractivity contribution in [3.63, 3.8) is 0 Å². The molecule has 0 fully saturated rings. The van der Waals surface area contributed by atoms with Gasteiger partial charge >= 0.3 is 5.97 Å². The molecule has 0 unspecified atom stereocenters. The third kappa shape index (κ3) is 31.7. The minimum atomic E-state index is -0.855. The van der Waals surface area contributed by atoms with Crippen molar-refractivity contribution >= 4 is 5.97 Å². The van der Waals surface area contributed by atoms with Crippen molar-refractivity contribution in [3.8, 4) is 0 Å². The maximum atomic E-state index is 10.5. The van der Waals surface area contributed by atoms with Gasteiger partial charge in [0.1, 0.15) is 0 Å². The molecule has 236 valence electrons. The third-order valence-electron chi connectivity index (χ3n) is 6.84. The van der Waals surface area contributed by atoms with E-state index in [9.17, 15) is 4.79 Å². The monoisotopic (exact) mass is 576 g/mol. The first-order valence-corrected chi connectivity index (χ1v) is 15.9. The van der Waals surface area contributed by atoms with Gasteiger partial charge in [-0.1, -0.05) is 99.3 Å². The van der Waals surface area contributed by atoms with E-state index in [4.69, 9.17) is 5.11 Å². The van der Waals surface area contributed by atoms with Gasteiger partial charge in [0.25, 0.3) is 0 Å². The van der Waals surface area contributed by atoms with E-state index in [2.05, 4.69) is 124 Å². The van der Waals surface area contributed by atoms with Crippen LogP contribution < -0.4 is 0 Å². The van der Waals surface area contributed by atoms with Crippen molar-refractivity contribution in [1.82, 2.24) is 0 Å². The zero-order chi connectivity index (χ0) is 32.3. The van der Waals surface area contributed by atoms with Gasteiger partial charge in [0, 0.05) is 6.08 Å². The van der Waals surface area contributed by atoms with E-state index in [1.807, 2.05) is 6.92 Å². The van der Waals surface area contributed by atoms with Crippen molar-refractivity contribution in [1.29, 1.82) is 0 Å². The summed E-state index contributed by atoms with van der Waals surface area (Å²) in [5, 5.41) is 8.65. The lowest BCUT2D eigenvalue weighted by Gasteiger charge is -2.02. The molecule has 0 saturated carbocycles. The van der Waals surface area contributed by atoms with E-state index in [0.29, 0.717) is 0 Å². The zero-order valence-electron chi connectivity index (χ0n) is 29.2. The number of hydrogen-bond donors (Lipinski definition) is 1. The second-order valence-electron chi connectivity index (χ2n) is 12.1. The van der Waals surface area contributed by atoms with E-state index < -0.39 is 5.97 Å². The summed E-state index contributed by atoms with van der Waals surface area (Å²) in [6.45, 7) is 23.5. The van der Waals surface area contributed by atoms with Crippen LogP contribution in [0.25, 0.3) is 0 Å². The molecule has 0 aromatic rings. The maximum absolute atomic E-state index is 10.5. The number of allylic oxidation sites excluding steroid dienone is 17. The van der Waals surface area contributed by atoms with Gasteiger partial charge in [-0.05, 0) is 140 Å². The molecule has 0 saturated heterocycles. The lowest BCUT2D eigenvalue weighted by atomic mass is 10.0. The third-order valence-corrected chi connectivity index (χ3v) is 6.84. The molecule has 0 atom stereocenters. The van der Waals surface area contributed by atoms with Crippen molar-refractivity contribution in [2.75, 3.05) is 0 Å². The van der Waals surface area contributed by atoms with Gasteiger partial charge in [0.15, 0.2) is 0 Å². The zero-order valence-corrected chi connectivity index (χ0v) is 29.2. The van der Waals surface area contributed by atoms with Crippen LogP contribution in [0.4, 0.5) is 0 Å². The number of aliphatic carboxylic acids is 1. The van der Waals surface area contributed by atoms with Gasteiger partial charge < -0.3 is 5.11 Å². The Morgan fingerprint density at radius 3 is 1.24 bits per heavy atom. The molecule has 0 aromatic heterocycles. The molecule has 0 heterocycles. The highest BCUT2D eigenvalue weighted by Crippen LogP contribution is 2.14. The number of carbonyl (C=O) groups is 1. The molecule has 0 bridgehead atoms. The van der Waals surface area contributed by atoms with E-state index in [0.717, 1.165) is 56.9 Å². The molecule has 1 N–H and O–H groups in total. The Morgan fingerprint density at radius 1 is 0.524 bits per heavy atom. The van der Waals surface area contributed by atoms with Crippen molar-refractivity contribution in [2.24, 2.45) is 0 Å². The molecular formula is C40H64O2. The lowest BCUT2D eigenvalue weighted by Crippen LogP contribution is -1.89. The topological polar surface area (TPSA) is 37.3 Å². The summed E-state index contributed by atoms with van der Waals surface area (Å²) in [7, 11) is 0. The van der Waals surface area contributed by atoms with E-state index in [-0.39, 0.29) is 0 Å². The van der Waals surface area contributed by atoms with E-state index >= 15 is 0 Å². The minimum absolute atomic E-state index is 0.821. The normalized spacial score (nSPS) is 13.6. The number of hydrogen-bond acceptors (Lipinski definition) is 1. The first-order valence-electron chi connectivity index (χ1n) is 15.9. The fourth-order valence-corrected chi connectivity index (χ4v) is 3.95. The fraction of sp³-hybridized carbons (Fsp3) is 0.525. The minimum Gasteiger partial charge on any atom is -0.478 e. The van der Waals surface area contributed by atoms with Crippen LogP contribution in [-0.4, -0.2) is 11.1 Å². The van der Waals surface area contributed by atoms with Gasteiger partial charge in [-0.3, -0.25) is 0 Å². The van der Waals surface area contributed by atoms with E-state index in [1.165, 1.54) is 57.9 Å². The Kier molecular flexibility index (Phi) is 26.5. The van der Waals surface area contributed by atoms with E-state index in [1.54, 1.807) is 0 Å². The van der Waals surface area contributed by atoms with Crippen molar-refractivity contribution < 1.29 is 9.90 Å². The van der Waals surface area contributed by atoms with Crippen molar-refractivity contribution in [3.05, 3.63) is 105 Å². The Bertz CT molecular complexity index is 1040. The lowest BCUT2D eigenvalue weighted by molar-refractivity contribution is -0.131. The molecule has 0 rings (SSSR count). The van der Waals surface area contributed by atoms with Crippen LogP contribution in [0, 0.1) is 0 Å². The van der Waals surface area contributed by atoms with Crippen LogP contribution in [0.3, 0.4) is 0 Å². The Labute approximate surface area is 261 Å². The summed E-state index contributed by atoms with van der Waals surface area (Å²) >= 11 is 0. The van der Waals surface area contributed by atoms with Crippen LogP contribution in [0.15, 0.2) is 105 Å². The molecule has 2 heteroatoms. The molecule has 0 spiro atoms. The average Bonchev–Trinajstić information content (AvgIpc) is 2.88. The highest BCUT2D eigenvalue weighted by atomic mass is 16.4. The predicted octanol–water partition coefficient (Wildman–Crippen LogP) is 13.1. The molecule has 42 heavy (non-hydrogen) atoms. The molecule has 0 aliphatic carbocycles. The standard InChI is InChI=1S/C20H32O2.C20H32/c1-16(2)9-6-10-17(3)11-7-12-18(4)13-8-14-19(5)15-20(21)22;1-7-18(4)12-9-14-20(6)16-10-15-19(5)13-8-11-17(2)3/h9,11,13,15H,6-8,10,12,14H2,1-5H3,(H,21,22);7,9,11-12,14-15H,8,10,13,16H2,1-6H3/b17-11+,18-13+,19-15+;12-9+,18-7+,19-15+,20-14+. The van der Waals surface area contributed by atoms with Gasteiger partial charge in [-0.25, -0.2) is 4.79 Å². The van der Waals surface area contributed by atoms with Crippen LogP contribution in [-0.2, 0) is 4.79 Å². The van der Waals surface area contributed by atoms with Crippen LogP contribution >= 0.6 is 0 Å². The van der Waals surface area contributed by atoms with Gasteiger partial charge in [-0.15, -0.1) is 0 Å². The fourth-order valence-electron chi connectivity index (χ4n) is 3.95. The molecule has 0 aliphatic heterocycles. The summed E-state index contributed by atoms with van der Waals surface area (Å²) in [6, 6.07) is 0. The summed E-state index contributed by atoms with van der Waals surface area (Å²) < 4.78 is 0. The summed E-state index contributed by atoms with van der Waals surface area (Å²) in [6.07, 6.45) is 32.4. The Hall–Kier alpha value is -2.87. The van der Waals surface area contributed by atoms with Gasteiger partial charge in [0.05, 0.1) is 0 Å². The molecular weight excluding hydrogens is 512 g/mol. The maximum Gasteiger partial charge on any atom is 0.328 e. The average molecular weight is 577 g/mol. The smallest absolute Gasteiger partial charge is 0.328 e. The predicted molar refractivity (Wildman–Crippen MR) is 190 cm³/mol. The summed E-state index contributed by atoms with van der Waals surface area (Å²) in [5.41, 5.74) is 10.8.